The molecule has 0 aliphatic carbocycles. The standard InChI is InChI=1S/C9H15N3OS.ClH/c1-7-6-11-9(14-7)12-8(13)4-3-5-10-2;/h6,10H,3-5H2,1-2H3,(H,11,12,13);1H. The van der Waals surface area contributed by atoms with E-state index in [-0.39, 0.29) is 18.3 Å². The Labute approximate surface area is 99.9 Å². The topological polar surface area (TPSA) is 54.0 Å². The predicted octanol–water partition coefficient (Wildman–Crippen LogP) is 1.81. The zero-order valence-electron chi connectivity index (χ0n) is 8.87. The van der Waals surface area contributed by atoms with Gasteiger partial charge < -0.3 is 10.6 Å². The van der Waals surface area contributed by atoms with Crippen molar-refractivity contribution < 1.29 is 4.79 Å². The normalized spacial score (nSPS) is 9.47. The lowest BCUT2D eigenvalue weighted by Crippen LogP contribution is -2.14. The van der Waals surface area contributed by atoms with Crippen LogP contribution in [0.25, 0.3) is 0 Å². The molecule has 0 aromatic carbocycles. The van der Waals surface area contributed by atoms with Gasteiger partial charge in [0.25, 0.3) is 0 Å². The second kappa shape index (κ2) is 7.62. The molecule has 1 amide bonds. The van der Waals surface area contributed by atoms with Crippen LogP contribution in [-0.2, 0) is 4.79 Å². The lowest BCUT2D eigenvalue weighted by Gasteiger charge is -2.00. The molecule has 6 heteroatoms. The Morgan fingerprint density at radius 2 is 2.33 bits per heavy atom. The molecule has 1 aromatic heterocycles. The average molecular weight is 250 g/mol. The van der Waals surface area contributed by atoms with Crippen molar-refractivity contribution in [3.63, 3.8) is 0 Å². The first kappa shape index (κ1) is 14.3. The van der Waals surface area contributed by atoms with E-state index in [0.29, 0.717) is 11.6 Å². The Balaban J connectivity index is 0.00000196. The van der Waals surface area contributed by atoms with Crippen molar-refractivity contribution in [1.29, 1.82) is 0 Å². The highest BCUT2D eigenvalue weighted by Gasteiger charge is 2.04. The summed E-state index contributed by atoms with van der Waals surface area (Å²) in [6, 6.07) is 0. The number of hydrogen-bond acceptors (Lipinski definition) is 4. The molecule has 0 spiro atoms. The molecular formula is C9H16ClN3OS. The van der Waals surface area contributed by atoms with E-state index in [1.807, 2.05) is 14.0 Å². The van der Waals surface area contributed by atoms with Gasteiger partial charge >= 0.3 is 0 Å². The number of thiazole rings is 1. The summed E-state index contributed by atoms with van der Waals surface area (Å²) < 4.78 is 0. The van der Waals surface area contributed by atoms with Gasteiger partial charge in [-0.15, -0.1) is 23.7 Å². The maximum atomic E-state index is 11.3. The van der Waals surface area contributed by atoms with Crippen LogP contribution >= 0.6 is 23.7 Å². The van der Waals surface area contributed by atoms with Crippen LogP contribution in [0.4, 0.5) is 5.13 Å². The number of carbonyl (C=O) groups excluding carboxylic acids is 1. The fraction of sp³-hybridized carbons (Fsp3) is 0.556. The fourth-order valence-corrected chi connectivity index (χ4v) is 1.70. The number of nitrogens with zero attached hydrogens (tertiary/aromatic N) is 1. The largest absolute Gasteiger partial charge is 0.320 e. The number of amides is 1. The minimum atomic E-state index is 0. The zero-order valence-corrected chi connectivity index (χ0v) is 10.5. The van der Waals surface area contributed by atoms with Gasteiger partial charge in [0.05, 0.1) is 0 Å². The number of aromatic nitrogens is 1. The van der Waals surface area contributed by atoms with Gasteiger partial charge in [-0.1, -0.05) is 0 Å². The van der Waals surface area contributed by atoms with E-state index in [4.69, 9.17) is 0 Å². The van der Waals surface area contributed by atoms with Crippen LogP contribution < -0.4 is 10.6 Å². The third kappa shape index (κ3) is 5.71. The van der Waals surface area contributed by atoms with Crippen molar-refractivity contribution in [3.8, 4) is 0 Å². The Morgan fingerprint density at radius 3 is 2.87 bits per heavy atom. The number of hydrogen-bond donors (Lipinski definition) is 2. The lowest BCUT2D eigenvalue weighted by molar-refractivity contribution is -0.116. The summed E-state index contributed by atoms with van der Waals surface area (Å²) in [6.07, 6.45) is 3.15. The number of carbonyl (C=O) groups is 1. The van der Waals surface area contributed by atoms with Crippen LogP contribution in [0.15, 0.2) is 6.20 Å². The summed E-state index contributed by atoms with van der Waals surface area (Å²) in [6.45, 7) is 2.83. The molecule has 4 nitrogen and oxygen atoms in total. The third-order valence-electron chi connectivity index (χ3n) is 1.70. The fourth-order valence-electron chi connectivity index (χ4n) is 1.02. The summed E-state index contributed by atoms with van der Waals surface area (Å²) >= 11 is 1.50. The van der Waals surface area contributed by atoms with Crippen LogP contribution in [0.3, 0.4) is 0 Å². The van der Waals surface area contributed by atoms with Gasteiger partial charge in [-0.3, -0.25) is 4.79 Å². The molecule has 0 atom stereocenters. The van der Waals surface area contributed by atoms with Crippen molar-refractivity contribution in [2.45, 2.75) is 19.8 Å². The summed E-state index contributed by atoms with van der Waals surface area (Å²) in [4.78, 5) is 16.5. The first-order chi connectivity index (χ1) is 6.72. The monoisotopic (exact) mass is 249 g/mol. The minimum Gasteiger partial charge on any atom is -0.320 e. The molecule has 1 aromatic rings. The SMILES string of the molecule is CNCCCC(=O)Nc1ncc(C)s1.Cl. The Morgan fingerprint density at radius 1 is 1.60 bits per heavy atom. The van der Waals surface area contributed by atoms with Crippen molar-refractivity contribution in [1.82, 2.24) is 10.3 Å². The van der Waals surface area contributed by atoms with E-state index in [1.165, 1.54) is 11.3 Å². The Bertz CT molecular complexity index is 303. The second-order valence-corrected chi connectivity index (χ2v) is 4.27. The number of nitrogens with one attached hydrogen (secondary N) is 2. The van der Waals surface area contributed by atoms with Crippen LogP contribution in [0.5, 0.6) is 0 Å². The van der Waals surface area contributed by atoms with Gasteiger partial charge in [-0.2, -0.15) is 0 Å². The first-order valence-corrected chi connectivity index (χ1v) is 5.41. The molecule has 0 aliphatic rings. The average Bonchev–Trinajstić information content (AvgIpc) is 2.52. The van der Waals surface area contributed by atoms with E-state index in [9.17, 15) is 4.79 Å². The minimum absolute atomic E-state index is 0. The second-order valence-electron chi connectivity index (χ2n) is 3.03. The molecule has 0 bridgehead atoms. The molecule has 0 saturated carbocycles. The van der Waals surface area contributed by atoms with Crippen LogP contribution in [0.2, 0.25) is 0 Å². The smallest absolute Gasteiger partial charge is 0.226 e. The van der Waals surface area contributed by atoms with E-state index in [2.05, 4.69) is 15.6 Å². The van der Waals surface area contributed by atoms with E-state index >= 15 is 0 Å². The van der Waals surface area contributed by atoms with E-state index in [0.717, 1.165) is 17.8 Å². The van der Waals surface area contributed by atoms with Gasteiger partial charge in [0.15, 0.2) is 5.13 Å². The van der Waals surface area contributed by atoms with Crippen molar-refractivity contribution in [2.24, 2.45) is 0 Å². The van der Waals surface area contributed by atoms with Crippen LogP contribution in [0.1, 0.15) is 17.7 Å². The highest BCUT2D eigenvalue weighted by Crippen LogP contribution is 2.16. The molecule has 0 aliphatic heterocycles. The van der Waals surface area contributed by atoms with E-state index in [1.54, 1.807) is 6.20 Å². The molecule has 86 valence electrons. The predicted molar refractivity (Wildman–Crippen MR) is 65.9 cm³/mol. The molecular weight excluding hydrogens is 234 g/mol. The van der Waals surface area contributed by atoms with Gasteiger partial charge in [0.2, 0.25) is 5.91 Å². The molecule has 2 N–H and O–H groups in total. The van der Waals surface area contributed by atoms with Gasteiger partial charge in [0, 0.05) is 17.5 Å². The van der Waals surface area contributed by atoms with Crippen molar-refractivity contribution in [3.05, 3.63) is 11.1 Å². The number of rotatable bonds is 5. The summed E-state index contributed by atoms with van der Waals surface area (Å²) in [5.41, 5.74) is 0. The molecule has 0 unspecified atom stereocenters. The molecule has 0 radical (unpaired) electrons. The zero-order chi connectivity index (χ0) is 10.4. The summed E-state index contributed by atoms with van der Waals surface area (Å²) in [7, 11) is 1.88. The maximum absolute atomic E-state index is 11.3. The number of aryl methyl sites for hydroxylation is 1. The number of anilines is 1. The quantitative estimate of drug-likeness (QED) is 0.783. The maximum Gasteiger partial charge on any atom is 0.226 e. The number of halogens is 1. The Hall–Kier alpha value is -0.650. The molecule has 1 rings (SSSR count). The van der Waals surface area contributed by atoms with Crippen LogP contribution in [0, 0.1) is 6.92 Å². The summed E-state index contributed by atoms with van der Waals surface area (Å²) in [5, 5.41) is 6.45. The molecule has 0 saturated heterocycles. The molecule has 1 heterocycles. The van der Waals surface area contributed by atoms with Gasteiger partial charge in [-0.05, 0) is 26.9 Å². The van der Waals surface area contributed by atoms with Crippen molar-refractivity contribution >= 4 is 34.8 Å². The first-order valence-electron chi connectivity index (χ1n) is 4.59. The highest BCUT2D eigenvalue weighted by molar-refractivity contribution is 7.15. The van der Waals surface area contributed by atoms with E-state index < -0.39 is 0 Å². The van der Waals surface area contributed by atoms with Gasteiger partial charge in [-0.25, -0.2) is 4.98 Å². The molecule has 15 heavy (non-hydrogen) atoms. The van der Waals surface area contributed by atoms with Gasteiger partial charge in [0.1, 0.15) is 0 Å². The van der Waals surface area contributed by atoms with Crippen molar-refractivity contribution in [2.75, 3.05) is 18.9 Å². The Kier molecular flexibility index (Phi) is 7.29. The lowest BCUT2D eigenvalue weighted by atomic mass is 10.3. The van der Waals surface area contributed by atoms with Crippen LogP contribution in [-0.4, -0.2) is 24.5 Å². The molecule has 0 fully saturated rings. The third-order valence-corrected chi connectivity index (χ3v) is 2.53. The highest BCUT2D eigenvalue weighted by atomic mass is 35.5. The summed E-state index contributed by atoms with van der Waals surface area (Å²) in [5.74, 6) is 0.0367.